The lowest BCUT2D eigenvalue weighted by molar-refractivity contribution is -0.147. The molecule has 19 N–H and O–H groups in total. The average Bonchev–Trinajstić information content (AvgIpc) is 1.76. The van der Waals surface area contributed by atoms with Crippen molar-refractivity contribution in [1.29, 1.82) is 0 Å². The first-order valence-electron chi connectivity index (χ1n) is 33.7. The summed E-state index contributed by atoms with van der Waals surface area (Å²) in [6.45, 7) is 10.4. The molecule has 34 nitrogen and oxygen atoms in total. The van der Waals surface area contributed by atoms with E-state index in [9.17, 15) is 108 Å². The minimum absolute atomic E-state index is 0.0374. The molecule has 1 fully saturated rings. The van der Waals surface area contributed by atoms with Crippen molar-refractivity contribution < 1.29 is 108 Å². The molecule has 34 heteroatoms. The zero-order chi connectivity index (χ0) is 76.9. The average molecular weight is 1450 g/mol. The number of nitrogens with zero attached hydrogens (tertiary/aromatic N) is 1. The standard InChI is InChI=1S/C69H96N12O22/c1-8-37(6)57(70)66(99)76-49(31-41-18-22-43(84)23-19-41)63(96)78-50(32-55(88)89)68(101)81-26-12-15-52(81)65(98)80-58(38(7)82)67(100)77-46(28-36(4)5)62(95)74-47(30-40-16-20-42(83)21-17-40)59(92)71-34-53(85)72-45(27-35(2)3)61(94)73-44(24-25-54(86)87)60(93)75-48(29-39-13-10-9-11-14-39)64(97)79-51(69(102)103)33-56(90)91/h9-11,13-14,16-23,35-38,44-52,57-58,82-84H,8,12,15,24-34,70H2,1-7H3,(H,71,92)(H,72,85)(H,73,94)(H,74,95)(H,75,93)(H,76,99)(H,77,100)(H,78,96)(H,79,97)(H,80,98)(H,86,87)(H,88,89)(H,90,91)(H,102,103)/t37-,38+,44-,45-,46-,47-,48-,49-,50-,51-,52-,57-,58-/m0/s1. The van der Waals surface area contributed by atoms with Crippen LogP contribution in [-0.4, -0.2) is 215 Å². The third kappa shape index (κ3) is 28.6. The van der Waals surface area contributed by atoms with Crippen LogP contribution >= 0.6 is 0 Å². The monoisotopic (exact) mass is 1440 g/mol. The maximum atomic E-state index is 14.5. The van der Waals surface area contributed by atoms with Crippen LogP contribution in [-0.2, 0) is 91.2 Å². The highest BCUT2D eigenvalue weighted by Crippen LogP contribution is 2.22. The number of carboxylic acid groups (broad SMARTS) is 4. The maximum Gasteiger partial charge on any atom is 0.326 e. The van der Waals surface area contributed by atoms with Crippen molar-refractivity contribution in [3.8, 4) is 11.5 Å². The maximum absolute atomic E-state index is 14.5. The van der Waals surface area contributed by atoms with Crippen molar-refractivity contribution in [2.75, 3.05) is 13.1 Å². The van der Waals surface area contributed by atoms with Crippen LogP contribution in [0.15, 0.2) is 78.9 Å². The quantitative estimate of drug-likeness (QED) is 0.0302. The fourth-order valence-corrected chi connectivity index (χ4v) is 11.0. The molecule has 0 bridgehead atoms. The van der Waals surface area contributed by atoms with E-state index in [0.717, 1.165) is 11.8 Å². The van der Waals surface area contributed by atoms with Crippen molar-refractivity contribution in [3.05, 3.63) is 95.6 Å². The van der Waals surface area contributed by atoms with Gasteiger partial charge in [-0.15, -0.1) is 0 Å². The predicted octanol–water partition coefficient (Wildman–Crippen LogP) is -1.66. The Morgan fingerprint density at radius 1 is 0.485 bits per heavy atom. The van der Waals surface area contributed by atoms with E-state index >= 15 is 0 Å². The number of aliphatic carboxylic acids is 4. The zero-order valence-electron chi connectivity index (χ0n) is 58.3. The fraction of sp³-hybridized carbons (Fsp3) is 0.522. The normalized spacial score (nSPS) is 16.1. The van der Waals surface area contributed by atoms with Gasteiger partial charge in [-0.1, -0.05) is 103 Å². The number of aliphatic hydroxyl groups is 1. The van der Waals surface area contributed by atoms with Gasteiger partial charge < -0.3 is 99.5 Å². The van der Waals surface area contributed by atoms with Gasteiger partial charge >= 0.3 is 23.9 Å². The lowest BCUT2D eigenvalue weighted by Crippen LogP contribution is -2.62. The Morgan fingerprint density at radius 2 is 0.903 bits per heavy atom. The Balaban J connectivity index is 1.53. The molecular formula is C69H96N12O22. The lowest BCUT2D eigenvalue weighted by Gasteiger charge is -2.31. The summed E-state index contributed by atoms with van der Waals surface area (Å²) in [6, 6.07) is 1.74. The number of benzene rings is 3. The third-order valence-corrected chi connectivity index (χ3v) is 16.8. The van der Waals surface area contributed by atoms with Crippen LogP contribution < -0.4 is 58.9 Å². The van der Waals surface area contributed by atoms with Gasteiger partial charge in [-0.3, -0.25) is 67.1 Å². The zero-order valence-corrected chi connectivity index (χ0v) is 58.3. The van der Waals surface area contributed by atoms with E-state index in [1.807, 2.05) is 0 Å². The van der Waals surface area contributed by atoms with Gasteiger partial charge in [-0.05, 0) is 97.7 Å². The Morgan fingerprint density at radius 3 is 1.37 bits per heavy atom. The minimum atomic E-state index is -1.93. The van der Waals surface area contributed by atoms with Crippen LogP contribution in [0.3, 0.4) is 0 Å². The molecule has 1 aliphatic rings. The Hall–Kier alpha value is -10.8. The van der Waals surface area contributed by atoms with Crippen molar-refractivity contribution in [2.24, 2.45) is 23.5 Å². The van der Waals surface area contributed by atoms with Gasteiger partial charge in [-0.25, -0.2) is 4.79 Å². The van der Waals surface area contributed by atoms with Crippen molar-refractivity contribution in [3.63, 3.8) is 0 Å². The topological polar surface area (TPSA) is 547 Å². The number of aromatic hydroxyl groups is 2. The van der Waals surface area contributed by atoms with Crippen molar-refractivity contribution >= 4 is 88.9 Å². The van der Waals surface area contributed by atoms with E-state index in [-0.39, 0.29) is 80.7 Å². The number of likely N-dealkylation sites (tertiary alicyclic amines) is 1. The van der Waals surface area contributed by atoms with Crippen LogP contribution in [0.4, 0.5) is 0 Å². The van der Waals surface area contributed by atoms with Crippen molar-refractivity contribution in [1.82, 2.24) is 58.1 Å². The van der Waals surface area contributed by atoms with Gasteiger partial charge in [0.1, 0.15) is 71.9 Å². The highest BCUT2D eigenvalue weighted by molar-refractivity contribution is 6.00. The first-order chi connectivity index (χ1) is 48.5. The number of aliphatic hydroxyl groups excluding tert-OH is 1. The summed E-state index contributed by atoms with van der Waals surface area (Å²) < 4.78 is 0. The second-order valence-electron chi connectivity index (χ2n) is 26.3. The number of carbonyl (C=O) groups excluding carboxylic acids is 11. The largest absolute Gasteiger partial charge is 0.508 e. The summed E-state index contributed by atoms with van der Waals surface area (Å²) in [5.41, 5.74) is 7.44. The predicted molar refractivity (Wildman–Crippen MR) is 366 cm³/mol. The number of carbonyl (C=O) groups is 15. The van der Waals surface area contributed by atoms with Crippen molar-refractivity contribution in [2.45, 2.75) is 198 Å². The molecule has 0 aromatic heterocycles. The van der Waals surface area contributed by atoms with Gasteiger partial charge in [0.25, 0.3) is 0 Å². The molecular weight excluding hydrogens is 1350 g/mol. The molecule has 0 unspecified atom stereocenters. The molecule has 3 aromatic carbocycles. The number of carboxylic acids is 4. The molecule has 3 aromatic rings. The second-order valence-corrected chi connectivity index (χ2v) is 26.3. The molecule has 0 spiro atoms. The van der Waals surface area contributed by atoms with E-state index in [4.69, 9.17) is 5.73 Å². The van der Waals surface area contributed by atoms with E-state index in [0.29, 0.717) is 23.1 Å². The summed E-state index contributed by atoms with van der Waals surface area (Å²) in [4.78, 5) is 203. The van der Waals surface area contributed by atoms with Crippen LogP contribution in [0.5, 0.6) is 11.5 Å². The second kappa shape index (κ2) is 41.2. The molecule has 4 rings (SSSR count). The molecule has 0 aliphatic carbocycles. The van der Waals surface area contributed by atoms with Crippen LogP contribution in [0.1, 0.15) is 123 Å². The van der Waals surface area contributed by atoms with Gasteiger partial charge in [0.2, 0.25) is 65.0 Å². The number of hydrogen-bond donors (Lipinski definition) is 18. The number of nitrogens with one attached hydrogen (secondary N) is 10. The molecule has 13 atom stereocenters. The number of phenols is 2. The molecule has 1 heterocycles. The number of phenolic OH excluding ortho intramolecular Hbond substituents is 2. The highest BCUT2D eigenvalue weighted by atomic mass is 16.4. The smallest absolute Gasteiger partial charge is 0.326 e. The van der Waals surface area contributed by atoms with E-state index in [2.05, 4.69) is 53.2 Å². The molecule has 1 aliphatic heterocycles. The summed E-state index contributed by atoms with van der Waals surface area (Å²) >= 11 is 0. The summed E-state index contributed by atoms with van der Waals surface area (Å²) in [7, 11) is 0. The Bertz CT molecular complexity index is 3470. The molecule has 0 radical (unpaired) electrons. The summed E-state index contributed by atoms with van der Waals surface area (Å²) in [5, 5.41) is 93.7. The van der Waals surface area contributed by atoms with E-state index in [1.165, 1.54) is 48.5 Å². The van der Waals surface area contributed by atoms with Crippen LogP contribution in [0, 0.1) is 17.8 Å². The first kappa shape index (κ1) is 84.6. The first-order valence-corrected chi connectivity index (χ1v) is 33.7. The van der Waals surface area contributed by atoms with Gasteiger partial charge in [0.05, 0.1) is 31.5 Å². The van der Waals surface area contributed by atoms with Crippen LogP contribution in [0.2, 0.25) is 0 Å². The number of rotatable bonds is 42. The number of nitrogens with two attached hydrogens (primary N) is 1. The van der Waals surface area contributed by atoms with E-state index < -0.39 is 194 Å². The highest BCUT2D eigenvalue weighted by Gasteiger charge is 2.42. The molecule has 564 valence electrons. The lowest BCUT2D eigenvalue weighted by atomic mass is 9.98. The number of hydrogen-bond acceptors (Lipinski definition) is 19. The Labute approximate surface area is 594 Å². The molecule has 1 saturated heterocycles. The summed E-state index contributed by atoms with van der Waals surface area (Å²) in [5.74, 6) is -18.5. The van der Waals surface area contributed by atoms with Gasteiger partial charge in [0.15, 0.2) is 0 Å². The summed E-state index contributed by atoms with van der Waals surface area (Å²) in [6.07, 6.45) is -5.35. The Kier molecular flexibility index (Phi) is 33.9. The fourth-order valence-electron chi connectivity index (χ4n) is 11.0. The van der Waals surface area contributed by atoms with Gasteiger partial charge in [0, 0.05) is 32.2 Å². The molecule has 0 saturated carbocycles. The molecule has 11 amide bonds. The van der Waals surface area contributed by atoms with Crippen LogP contribution in [0.25, 0.3) is 0 Å². The van der Waals surface area contributed by atoms with Gasteiger partial charge in [-0.2, -0.15) is 0 Å². The number of amides is 11. The third-order valence-electron chi connectivity index (χ3n) is 16.8. The minimum Gasteiger partial charge on any atom is -0.508 e. The molecule has 103 heavy (non-hydrogen) atoms. The SMILES string of the molecule is CC[C@H](C)[C@H](N)C(=O)N[C@@H](Cc1ccc(O)cc1)C(=O)N[C@@H](CC(=O)O)C(=O)N1CCC[C@H]1C(=O)N[C@H](C(=O)N[C@@H](CC(C)C)C(=O)N[C@@H](Cc1ccc(O)cc1)C(=O)NCC(=O)N[C@@H](CC(C)C)C(=O)N[C@@H](CCC(=O)O)C(=O)N[C@@H](Cc1ccccc1)C(=O)N[C@@H](CC(=O)O)C(=O)O)[C@@H](C)O. The van der Waals surface area contributed by atoms with E-state index in [1.54, 1.807) is 71.9 Å².